The summed E-state index contributed by atoms with van der Waals surface area (Å²) in [6, 6.07) is 7.73. The van der Waals surface area contributed by atoms with Gasteiger partial charge in [-0.25, -0.2) is 4.79 Å². The van der Waals surface area contributed by atoms with Crippen LogP contribution in [0.15, 0.2) is 59.7 Å². The number of halogens is 1. The number of carbonyl (C=O) groups excluding carboxylic acids is 2. The lowest BCUT2D eigenvalue weighted by Gasteiger charge is -2.37. The van der Waals surface area contributed by atoms with Crippen LogP contribution in [0.25, 0.3) is 0 Å². The van der Waals surface area contributed by atoms with Crippen molar-refractivity contribution in [3.8, 4) is 0 Å². The van der Waals surface area contributed by atoms with Crippen LogP contribution in [0.1, 0.15) is 12.5 Å². The van der Waals surface area contributed by atoms with Crippen LogP contribution in [-0.4, -0.2) is 17.4 Å². The van der Waals surface area contributed by atoms with E-state index in [-0.39, 0.29) is 28.6 Å². The van der Waals surface area contributed by atoms with Gasteiger partial charge in [0.25, 0.3) is 0 Å². The second-order valence-electron chi connectivity index (χ2n) is 6.62. The van der Waals surface area contributed by atoms with Gasteiger partial charge in [0.2, 0.25) is 0 Å². The van der Waals surface area contributed by atoms with E-state index in [0.29, 0.717) is 10.6 Å². The number of benzene rings is 1. The monoisotopic (exact) mass is 324 g/mol. The zero-order valence-electron chi connectivity index (χ0n) is 12.4. The van der Waals surface area contributed by atoms with Crippen LogP contribution in [0.5, 0.6) is 0 Å². The maximum Gasteiger partial charge on any atom is 0.343 e. The number of rotatable bonds is 2. The Morgan fingerprint density at radius 2 is 1.87 bits per heavy atom. The van der Waals surface area contributed by atoms with E-state index in [0.717, 1.165) is 5.56 Å². The van der Waals surface area contributed by atoms with E-state index >= 15 is 0 Å². The molecule has 1 heterocycles. The van der Waals surface area contributed by atoms with Gasteiger partial charge in [0.05, 0.1) is 5.41 Å². The van der Waals surface area contributed by atoms with Gasteiger partial charge >= 0.3 is 5.97 Å². The highest BCUT2D eigenvalue weighted by molar-refractivity contribution is 6.30. The van der Waals surface area contributed by atoms with Crippen molar-refractivity contribution in [1.82, 2.24) is 0 Å². The minimum Gasteiger partial charge on any atom is -0.445 e. The summed E-state index contributed by atoms with van der Waals surface area (Å²) in [5, 5.41) is 0.676. The molecule has 0 aromatic heterocycles. The van der Waals surface area contributed by atoms with Gasteiger partial charge in [-0.15, -0.1) is 0 Å². The molecule has 4 atom stereocenters. The standard InChI is InChI=1S/C19H13ClO3/c1-10(21)16-15-7-6-13-14-8-9-18(15,23-17(16)22)19(13,14)11-2-4-12(20)5-3-11/h2-9,13-14H,1H3. The summed E-state index contributed by atoms with van der Waals surface area (Å²) < 4.78 is 5.85. The molecular formula is C19H13ClO3. The van der Waals surface area contributed by atoms with Crippen molar-refractivity contribution < 1.29 is 14.3 Å². The molecule has 4 heteroatoms. The summed E-state index contributed by atoms with van der Waals surface area (Å²) >= 11 is 6.03. The predicted octanol–water partition coefficient (Wildman–Crippen LogP) is 3.14. The Balaban J connectivity index is 1.79. The highest BCUT2D eigenvalue weighted by Gasteiger charge is 2.80. The average molecular weight is 325 g/mol. The van der Waals surface area contributed by atoms with Gasteiger partial charge in [0, 0.05) is 10.6 Å². The van der Waals surface area contributed by atoms with Crippen molar-refractivity contribution in [2.24, 2.45) is 11.8 Å². The predicted molar refractivity (Wildman–Crippen MR) is 84.9 cm³/mol. The Hall–Kier alpha value is -2.13. The molecule has 0 radical (unpaired) electrons. The van der Waals surface area contributed by atoms with Crippen molar-refractivity contribution in [1.29, 1.82) is 0 Å². The molecule has 1 saturated carbocycles. The first-order valence-corrected chi connectivity index (χ1v) is 8.03. The van der Waals surface area contributed by atoms with E-state index in [1.54, 1.807) is 0 Å². The third kappa shape index (κ3) is 1.26. The van der Waals surface area contributed by atoms with Gasteiger partial charge in [0.1, 0.15) is 5.57 Å². The fourth-order valence-electron chi connectivity index (χ4n) is 4.90. The summed E-state index contributed by atoms with van der Waals surface area (Å²) in [5.41, 5.74) is 0.821. The minimum atomic E-state index is -0.844. The smallest absolute Gasteiger partial charge is 0.343 e. The number of esters is 1. The molecule has 3 nitrogen and oxygen atoms in total. The molecule has 23 heavy (non-hydrogen) atoms. The number of hydrogen-bond donors (Lipinski definition) is 0. The van der Waals surface area contributed by atoms with Gasteiger partial charge in [-0.1, -0.05) is 42.0 Å². The van der Waals surface area contributed by atoms with Crippen molar-refractivity contribution in [3.05, 3.63) is 70.3 Å². The molecule has 3 aliphatic carbocycles. The number of Topliss-reactive ketones (excluding diaryl/α,β-unsaturated/α-hetero) is 1. The minimum absolute atomic E-state index is 0.185. The van der Waals surface area contributed by atoms with Crippen LogP contribution in [0.2, 0.25) is 5.02 Å². The molecule has 114 valence electrons. The SMILES string of the molecule is CC(=O)C1=C2C=CC3C4C=CC2(OC1=O)C34c1ccc(Cl)cc1. The van der Waals surface area contributed by atoms with Crippen LogP contribution in [0.4, 0.5) is 0 Å². The van der Waals surface area contributed by atoms with Gasteiger partial charge in [-0.05, 0) is 42.5 Å². The Labute approximate surface area is 138 Å². The number of fused-ring (bicyclic) bond motifs is 1. The van der Waals surface area contributed by atoms with E-state index in [1.165, 1.54) is 6.92 Å². The molecule has 1 aromatic rings. The van der Waals surface area contributed by atoms with Gasteiger partial charge in [-0.2, -0.15) is 0 Å². The number of hydrogen-bond acceptors (Lipinski definition) is 3. The quantitative estimate of drug-likeness (QED) is 0.477. The average Bonchev–Trinajstić information content (AvgIpc) is 2.90. The molecule has 1 fully saturated rings. The molecule has 1 aromatic carbocycles. The highest BCUT2D eigenvalue weighted by atomic mass is 35.5. The van der Waals surface area contributed by atoms with Crippen molar-refractivity contribution >= 4 is 23.4 Å². The fourth-order valence-corrected chi connectivity index (χ4v) is 5.03. The normalized spacial score (nSPS) is 38.4. The van der Waals surface area contributed by atoms with E-state index < -0.39 is 11.6 Å². The van der Waals surface area contributed by atoms with E-state index in [1.807, 2.05) is 36.4 Å². The van der Waals surface area contributed by atoms with Crippen LogP contribution in [-0.2, 0) is 19.7 Å². The molecular weight excluding hydrogens is 312 g/mol. The lowest BCUT2D eigenvalue weighted by atomic mass is 9.70. The van der Waals surface area contributed by atoms with Gasteiger partial charge in [0.15, 0.2) is 11.4 Å². The van der Waals surface area contributed by atoms with Gasteiger partial charge < -0.3 is 4.74 Å². The molecule has 0 bridgehead atoms. The van der Waals surface area contributed by atoms with E-state index in [4.69, 9.17) is 16.3 Å². The summed E-state index contributed by atoms with van der Waals surface area (Å²) in [5.74, 6) is -0.176. The Morgan fingerprint density at radius 3 is 2.57 bits per heavy atom. The third-order valence-corrected chi connectivity index (χ3v) is 6.01. The molecule has 5 rings (SSSR count). The molecule has 4 aliphatic rings. The molecule has 1 aliphatic heterocycles. The lowest BCUT2D eigenvalue weighted by Crippen LogP contribution is -2.44. The largest absolute Gasteiger partial charge is 0.445 e. The van der Waals surface area contributed by atoms with Crippen molar-refractivity contribution in [2.45, 2.75) is 17.9 Å². The first-order chi connectivity index (χ1) is 11.0. The number of carbonyl (C=O) groups is 2. The van der Waals surface area contributed by atoms with E-state index in [9.17, 15) is 9.59 Å². The Morgan fingerprint density at radius 1 is 1.17 bits per heavy atom. The maximum atomic E-state index is 12.4. The fraction of sp³-hybridized carbons (Fsp3) is 0.263. The Kier molecular flexibility index (Phi) is 2.23. The highest BCUT2D eigenvalue weighted by Crippen LogP contribution is 2.76. The second kappa shape index (κ2) is 3.85. The topological polar surface area (TPSA) is 43.4 Å². The van der Waals surface area contributed by atoms with Crippen LogP contribution in [0.3, 0.4) is 0 Å². The Bertz CT molecular complexity index is 876. The first kappa shape index (κ1) is 13.3. The summed E-state index contributed by atoms with van der Waals surface area (Å²) in [4.78, 5) is 24.3. The van der Waals surface area contributed by atoms with Gasteiger partial charge in [-0.3, -0.25) is 4.79 Å². The molecule has 0 amide bonds. The zero-order valence-corrected chi connectivity index (χ0v) is 13.1. The number of ether oxygens (including phenoxy) is 1. The van der Waals surface area contributed by atoms with Crippen molar-refractivity contribution in [2.75, 3.05) is 0 Å². The van der Waals surface area contributed by atoms with Crippen LogP contribution < -0.4 is 0 Å². The summed E-state index contributed by atoms with van der Waals surface area (Å²) in [6.45, 7) is 1.42. The lowest BCUT2D eigenvalue weighted by molar-refractivity contribution is -0.146. The maximum absolute atomic E-state index is 12.4. The molecule has 4 unspecified atom stereocenters. The van der Waals surface area contributed by atoms with Crippen LogP contribution in [0, 0.1) is 11.8 Å². The van der Waals surface area contributed by atoms with Crippen molar-refractivity contribution in [3.63, 3.8) is 0 Å². The zero-order chi connectivity index (χ0) is 16.0. The second-order valence-corrected chi connectivity index (χ2v) is 7.05. The third-order valence-electron chi connectivity index (χ3n) is 5.75. The molecule has 0 saturated heterocycles. The number of allylic oxidation sites excluding steroid dienone is 2. The van der Waals surface area contributed by atoms with E-state index in [2.05, 4.69) is 12.2 Å². The summed E-state index contributed by atoms with van der Waals surface area (Å²) in [6.07, 6.45) is 8.11. The van der Waals surface area contributed by atoms with Crippen LogP contribution >= 0.6 is 11.6 Å². The molecule has 0 N–H and O–H groups in total. The molecule has 1 spiro atoms. The number of ketones is 1. The summed E-state index contributed by atoms with van der Waals surface area (Å²) in [7, 11) is 0. The first-order valence-electron chi connectivity index (χ1n) is 7.65.